The molecule has 0 unspecified atom stereocenters. The van der Waals surface area contributed by atoms with Gasteiger partial charge in [0.15, 0.2) is 0 Å². The highest BCUT2D eigenvalue weighted by Crippen LogP contribution is 2.17. The average Bonchev–Trinajstić information content (AvgIpc) is 2.87. The van der Waals surface area contributed by atoms with Crippen molar-refractivity contribution in [3.8, 4) is 0 Å². The van der Waals surface area contributed by atoms with Crippen molar-refractivity contribution in [2.24, 2.45) is 0 Å². The maximum absolute atomic E-state index is 6.00. The zero-order valence-corrected chi connectivity index (χ0v) is 11.9. The number of benzene rings is 1. The molecule has 0 aliphatic rings. The maximum atomic E-state index is 6.00. The van der Waals surface area contributed by atoms with Gasteiger partial charge in [-0.1, -0.05) is 30.3 Å². The van der Waals surface area contributed by atoms with E-state index in [9.17, 15) is 0 Å². The van der Waals surface area contributed by atoms with Crippen LogP contribution in [-0.2, 0) is 18.8 Å². The van der Waals surface area contributed by atoms with Gasteiger partial charge < -0.3 is 4.57 Å². The third kappa shape index (κ3) is 2.68. The molecule has 0 bridgehead atoms. The Morgan fingerprint density at radius 1 is 1.10 bits per heavy atom. The van der Waals surface area contributed by atoms with Crippen molar-refractivity contribution in [3.63, 3.8) is 0 Å². The molecule has 4 heteroatoms. The summed E-state index contributed by atoms with van der Waals surface area (Å²) in [4.78, 5) is 8.64. The van der Waals surface area contributed by atoms with Crippen LogP contribution in [0.1, 0.15) is 17.8 Å². The Bertz CT molecular complexity index is 691. The summed E-state index contributed by atoms with van der Waals surface area (Å²) in [7, 11) is 0. The topological polar surface area (TPSA) is 30.7 Å². The lowest BCUT2D eigenvalue weighted by Crippen LogP contribution is -2.03. The van der Waals surface area contributed by atoms with Crippen molar-refractivity contribution in [2.45, 2.75) is 25.3 Å². The molecule has 0 saturated carbocycles. The number of aryl methyl sites for hydroxylation is 2. The van der Waals surface area contributed by atoms with Gasteiger partial charge in [0.2, 0.25) is 0 Å². The fourth-order valence-electron chi connectivity index (χ4n) is 2.47. The molecule has 3 rings (SSSR count). The summed E-state index contributed by atoms with van der Waals surface area (Å²) < 4.78 is 2.20. The molecule has 0 fully saturated rings. The first-order valence-electron chi connectivity index (χ1n) is 6.77. The second-order valence-corrected chi connectivity index (χ2v) is 5.03. The molecule has 0 atom stereocenters. The van der Waals surface area contributed by atoms with E-state index in [1.165, 1.54) is 5.56 Å². The van der Waals surface area contributed by atoms with Gasteiger partial charge in [0.1, 0.15) is 11.3 Å². The van der Waals surface area contributed by atoms with E-state index >= 15 is 0 Å². The van der Waals surface area contributed by atoms with Gasteiger partial charge in [0.25, 0.3) is 0 Å². The number of fused-ring (bicyclic) bond motifs is 1. The molecule has 3 aromatic rings. The molecule has 2 heterocycles. The second-order valence-electron chi connectivity index (χ2n) is 4.77. The van der Waals surface area contributed by atoms with Crippen LogP contribution in [0.15, 0.2) is 48.8 Å². The van der Waals surface area contributed by atoms with Crippen LogP contribution in [0.3, 0.4) is 0 Å². The van der Waals surface area contributed by atoms with Gasteiger partial charge in [-0.05, 0) is 24.5 Å². The molecule has 0 radical (unpaired) electrons. The number of halogens is 1. The summed E-state index contributed by atoms with van der Waals surface area (Å²) in [5.41, 5.74) is 3.40. The summed E-state index contributed by atoms with van der Waals surface area (Å²) in [6.45, 7) is 0.928. The van der Waals surface area contributed by atoms with Crippen LogP contribution in [-0.4, -0.2) is 14.5 Å². The van der Waals surface area contributed by atoms with E-state index in [-0.39, 0.29) is 0 Å². The zero-order chi connectivity index (χ0) is 13.8. The van der Waals surface area contributed by atoms with Crippen molar-refractivity contribution in [1.82, 2.24) is 14.5 Å². The Hall–Kier alpha value is -1.87. The standard InChI is InChI=1S/C16H16ClN3/c17-11-16-19-14-12-18-9-8-15(14)20(16)10-4-7-13-5-2-1-3-6-13/h1-3,5-6,8-9,12H,4,7,10-11H2. The van der Waals surface area contributed by atoms with Crippen molar-refractivity contribution in [2.75, 3.05) is 0 Å². The molecule has 20 heavy (non-hydrogen) atoms. The van der Waals surface area contributed by atoms with Gasteiger partial charge in [-0.25, -0.2) is 4.98 Å². The number of rotatable bonds is 5. The summed E-state index contributed by atoms with van der Waals surface area (Å²) in [5, 5.41) is 0. The van der Waals surface area contributed by atoms with E-state index < -0.39 is 0 Å². The molecular formula is C16H16ClN3. The largest absolute Gasteiger partial charge is 0.327 e. The van der Waals surface area contributed by atoms with Gasteiger partial charge in [0.05, 0.1) is 17.6 Å². The summed E-state index contributed by atoms with van der Waals surface area (Å²) >= 11 is 6.00. The normalized spacial score (nSPS) is 11.1. The van der Waals surface area contributed by atoms with Gasteiger partial charge in [-0.2, -0.15) is 0 Å². The smallest absolute Gasteiger partial charge is 0.124 e. The Morgan fingerprint density at radius 2 is 1.95 bits per heavy atom. The van der Waals surface area contributed by atoms with Crippen LogP contribution in [0.2, 0.25) is 0 Å². The first-order chi connectivity index (χ1) is 9.88. The van der Waals surface area contributed by atoms with Crippen molar-refractivity contribution in [3.05, 3.63) is 60.2 Å². The first-order valence-corrected chi connectivity index (χ1v) is 7.31. The molecule has 0 amide bonds. The number of imidazole rings is 1. The highest BCUT2D eigenvalue weighted by molar-refractivity contribution is 6.16. The predicted octanol–water partition coefficient (Wildman–Crippen LogP) is 3.80. The van der Waals surface area contributed by atoms with Crippen LogP contribution >= 0.6 is 11.6 Å². The molecule has 3 nitrogen and oxygen atoms in total. The highest BCUT2D eigenvalue weighted by atomic mass is 35.5. The number of alkyl halides is 1. The summed E-state index contributed by atoms with van der Waals surface area (Å²) in [6, 6.07) is 12.5. The minimum atomic E-state index is 0.431. The third-order valence-corrected chi connectivity index (χ3v) is 3.68. The lowest BCUT2D eigenvalue weighted by molar-refractivity contribution is 0.638. The molecule has 102 valence electrons. The van der Waals surface area contributed by atoms with Crippen molar-refractivity contribution in [1.29, 1.82) is 0 Å². The van der Waals surface area contributed by atoms with Gasteiger partial charge >= 0.3 is 0 Å². The molecule has 0 spiro atoms. The van der Waals surface area contributed by atoms with Crippen LogP contribution in [0.4, 0.5) is 0 Å². The predicted molar refractivity (Wildman–Crippen MR) is 81.8 cm³/mol. The second kappa shape index (κ2) is 6.06. The highest BCUT2D eigenvalue weighted by Gasteiger charge is 2.09. The summed E-state index contributed by atoms with van der Waals surface area (Å²) in [5.74, 6) is 1.35. The number of nitrogens with zero attached hydrogens (tertiary/aromatic N) is 3. The zero-order valence-electron chi connectivity index (χ0n) is 11.2. The van der Waals surface area contributed by atoms with E-state index in [4.69, 9.17) is 11.6 Å². The molecule has 1 aromatic carbocycles. The monoisotopic (exact) mass is 285 g/mol. The Balaban J connectivity index is 1.77. The van der Waals surface area contributed by atoms with Crippen molar-refractivity contribution < 1.29 is 0 Å². The Kier molecular flexibility index (Phi) is 3.97. The molecule has 2 aromatic heterocycles. The van der Waals surface area contributed by atoms with E-state index in [1.807, 2.05) is 12.1 Å². The average molecular weight is 286 g/mol. The quantitative estimate of drug-likeness (QED) is 0.668. The minimum absolute atomic E-state index is 0.431. The van der Waals surface area contributed by atoms with Crippen LogP contribution < -0.4 is 0 Å². The number of pyridine rings is 1. The van der Waals surface area contributed by atoms with Crippen LogP contribution in [0.5, 0.6) is 0 Å². The fraction of sp³-hybridized carbons (Fsp3) is 0.250. The van der Waals surface area contributed by atoms with E-state index in [0.29, 0.717) is 5.88 Å². The maximum Gasteiger partial charge on any atom is 0.124 e. The van der Waals surface area contributed by atoms with Crippen LogP contribution in [0.25, 0.3) is 11.0 Å². The number of hydrogen-bond donors (Lipinski definition) is 0. The Labute approximate surface area is 123 Å². The summed E-state index contributed by atoms with van der Waals surface area (Å²) in [6.07, 6.45) is 5.73. The van der Waals surface area contributed by atoms with E-state index in [1.54, 1.807) is 12.4 Å². The van der Waals surface area contributed by atoms with E-state index in [2.05, 4.69) is 38.8 Å². The van der Waals surface area contributed by atoms with Crippen LogP contribution in [0, 0.1) is 0 Å². The van der Waals surface area contributed by atoms with Crippen molar-refractivity contribution >= 4 is 22.6 Å². The first kappa shape index (κ1) is 13.1. The van der Waals surface area contributed by atoms with Gasteiger partial charge in [-0.15, -0.1) is 11.6 Å². The number of hydrogen-bond acceptors (Lipinski definition) is 2. The fourth-order valence-corrected chi connectivity index (χ4v) is 2.67. The molecule has 0 aliphatic carbocycles. The van der Waals surface area contributed by atoms with E-state index in [0.717, 1.165) is 36.2 Å². The lowest BCUT2D eigenvalue weighted by atomic mass is 10.1. The molecule has 0 saturated heterocycles. The Morgan fingerprint density at radius 3 is 2.75 bits per heavy atom. The molecule has 0 N–H and O–H groups in total. The SMILES string of the molecule is ClCc1nc2cnccc2n1CCCc1ccccc1. The lowest BCUT2D eigenvalue weighted by Gasteiger charge is -2.07. The third-order valence-electron chi connectivity index (χ3n) is 3.44. The number of aromatic nitrogens is 3. The molecular weight excluding hydrogens is 270 g/mol. The van der Waals surface area contributed by atoms with Gasteiger partial charge in [0, 0.05) is 12.7 Å². The molecule has 0 aliphatic heterocycles. The minimum Gasteiger partial charge on any atom is -0.327 e. The van der Waals surface area contributed by atoms with Gasteiger partial charge in [-0.3, -0.25) is 4.98 Å².